The topological polar surface area (TPSA) is 51.2 Å². The zero-order valence-corrected chi connectivity index (χ0v) is 12.3. The number of hydrogen-bond acceptors (Lipinski definition) is 3. The van der Waals surface area contributed by atoms with Crippen LogP contribution in [-0.4, -0.2) is 25.7 Å². The number of carbonyl (C=O) groups excluding carboxylic acids is 1. The van der Waals surface area contributed by atoms with Crippen LogP contribution in [-0.2, 0) is 14.6 Å². The number of hydrogen-bond donors (Lipinski definition) is 0. The summed E-state index contributed by atoms with van der Waals surface area (Å²) in [7, 11) is -2.90. The van der Waals surface area contributed by atoms with Gasteiger partial charge in [-0.25, -0.2) is 8.42 Å². The highest BCUT2D eigenvalue weighted by molar-refractivity contribution is 7.91. The highest BCUT2D eigenvalue weighted by atomic mass is 32.2. The molecule has 3 unspecified atom stereocenters. The summed E-state index contributed by atoms with van der Waals surface area (Å²) < 4.78 is 23.3. The first-order valence-corrected chi connectivity index (χ1v) is 9.15. The Morgan fingerprint density at radius 1 is 1.05 bits per heavy atom. The van der Waals surface area contributed by atoms with Gasteiger partial charge in [0.1, 0.15) is 5.78 Å². The molecule has 1 saturated heterocycles. The molecule has 1 aromatic rings. The van der Waals surface area contributed by atoms with Crippen molar-refractivity contribution in [3.63, 3.8) is 0 Å². The van der Waals surface area contributed by atoms with E-state index in [1.165, 1.54) is 5.56 Å². The molecule has 2 fully saturated rings. The maximum Gasteiger partial charge on any atom is 0.150 e. The first-order chi connectivity index (χ1) is 9.55. The van der Waals surface area contributed by atoms with Crippen LogP contribution < -0.4 is 0 Å². The first kappa shape index (κ1) is 13.8. The maximum absolute atomic E-state index is 12.2. The molecule has 3 nitrogen and oxygen atoms in total. The quantitative estimate of drug-likeness (QED) is 0.842. The van der Waals surface area contributed by atoms with Crippen LogP contribution in [0.3, 0.4) is 0 Å². The fourth-order valence-corrected chi connectivity index (χ4v) is 5.56. The Bertz CT molecular complexity index is 591. The molecule has 0 radical (unpaired) electrons. The lowest BCUT2D eigenvalue weighted by atomic mass is 9.72. The van der Waals surface area contributed by atoms with Crippen molar-refractivity contribution >= 4 is 15.6 Å². The largest absolute Gasteiger partial charge is 0.299 e. The monoisotopic (exact) mass is 292 g/mol. The fourth-order valence-electron chi connectivity index (χ4n) is 3.68. The van der Waals surface area contributed by atoms with Crippen molar-refractivity contribution in [1.82, 2.24) is 0 Å². The summed E-state index contributed by atoms with van der Waals surface area (Å²) in [4.78, 5) is 12.2. The summed E-state index contributed by atoms with van der Waals surface area (Å²) in [5.41, 5.74) is 1.28. The van der Waals surface area contributed by atoms with Crippen LogP contribution in [0.2, 0.25) is 0 Å². The summed E-state index contributed by atoms with van der Waals surface area (Å²) in [5.74, 6) is 1.16. The van der Waals surface area contributed by atoms with Gasteiger partial charge in [-0.1, -0.05) is 30.3 Å². The van der Waals surface area contributed by atoms with Crippen molar-refractivity contribution in [2.24, 2.45) is 11.8 Å². The van der Waals surface area contributed by atoms with Crippen LogP contribution in [0.5, 0.6) is 0 Å². The van der Waals surface area contributed by atoms with Crippen LogP contribution >= 0.6 is 0 Å². The minimum Gasteiger partial charge on any atom is -0.299 e. The van der Waals surface area contributed by atoms with Gasteiger partial charge >= 0.3 is 0 Å². The van der Waals surface area contributed by atoms with Gasteiger partial charge in [0, 0.05) is 12.3 Å². The first-order valence-electron chi connectivity index (χ1n) is 7.33. The molecule has 0 bridgehead atoms. The van der Waals surface area contributed by atoms with Crippen molar-refractivity contribution in [2.45, 2.75) is 31.6 Å². The molecule has 0 aromatic heterocycles. The summed E-state index contributed by atoms with van der Waals surface area (Å²) in [6.45, 7) is 0. The van der Waals surface area contributed by atoms with E-state index in [9.17, 15) is 13.2 Å². The van der Waals surface area contributed by atoms with Crippen LogP contribution in [0.4, 0.5) is 0 Å². The second kappa shape index (κ2) is 5.32. The van der Waals surface area contributed by atoms with Crippen LogP contribution in [0, 0.1) is 11.8 Å². The van der Waals surface area contributed by atoms with Crippen molar-refractivity contribution in [1.29, 1.82) is 0 Å². The number of sulfone groups is 1. The number of ketones is 1. The van der Waals surface area contributed by atoms with Gasteiger partial charge in [0.05, 0.1) is 11.5 Å². The smallest absolute Gasteiger partial charge is 0.150 e. The van der Waals surface area contributed by atoms with Crippen molar-refractivity contribution < 1.29 is 13.2 Å². The van der Waals surface area contributed by atoms with E-state index in [-0.39, 0.29) is 29.1 Å². The average Bonchev–Trinajstić information content (AvgIpc) is 2.80. The molecule has 1 aliphatic heterocycles. The van der Waals surface area contributed by atoms with E-state index < -0.39 is 9.84 Å². The van der Waals surface area contributed by atoms with Gasteiger partial charge in [0.15, 0.2) is 9.84 Å². The van der Waals surface area contributed by atoms with Crippen LogP contribution in [0.15, 0.2) is 30.3 Å². The molecular weight excluding hydrogens is 272 g/mol. The zero-order valence-electron chi connectivity index (χ0n) is 11.5. The molecule has 108 valence electrons. The van der Waals surface area contributed by atoms with Crippen molar-refractivity contribution in [3.8, 4) is 0 Å². The fraction of sp³-hybridized carbons (Fsp3) is 0.562. The van der Waals surface area contributed by atoms with Gasteiger partial charge in [-0.05, 0) is 36.7 Å². The third-order valence-corrected chi connectivity index (χ3v) is 6.59. The van der Waals surface area contributed by atoms with E-state index in [1.807, 2.05) is 18.2 Å². The molecule has 1 heterocycles. The van der Waals surface area contributed by atoms with Crippen molar-refractivity contribution in [3.05, 3.63) is 35.9 Å². The molecule has 0 N–H and O–H groups in total. The molecule has 1 saturated carbocycles. The van der Waals surface area contributed by atoms with Gasteiger partial charge < -0.3 is 0 Å². The molecule has 0 spiro atoms. The third kappa shape index (κ3) is 2.80. The SMILES string of the molecule is O=C1CCC(c2ccccc2)CC1C1CCS(=O)(=O)C1. The predicted octanol–water partition coefficient (Wildman–Crippen LogP) is 2.57. The Kier molecular flexibility index (Phi) is 3.67. The Balaban J connectivity index is 1.76. The summed E-state index contributed by atoms with van der Waals surface area (Å²) in [6.07, 6.45) is 2.99. The highest BCUT2D eigenvalue weighted by Crippen LogP contribution is 2.40. The van der Waals surface area contributed by atoms with Gasteiger partial charge in [-0.2, -0.15) is 0 Å². The second-order valence-electron chi connectivity index (χ2n) is 6.12. The normalized spacial score (nSPS) is 33.2. The highest BCUT2D eigenvalue weighted by Gasteiger charge is 2.40. The lowest BCUT2D eigenvalue weighted by Gasteiger charge is -2.31. The zero-order chi connectivity index (χ0) is 14.2. The van der Waals surface area contributed by atoms with E-state index in [0.29, 0.717) is 18.8 Å². The van der Waals surface area contributed by atoms with E-state index in [0.717, 1.165) is 12.8 Å². The van der Waals surface area contributed by atoms with E-state index in [4.69, 9.17) is 0 Å². The molecular formula is C16H20O3S. The molecule has 1 aliphatic carbocycles. The standard InChI is InChI=1S/C16H20O3S/c17-16-7-6-13(12-4-2-1-3-5-12)10-15(16)14-8-9-20(18,19)11-14/h1-5,13-15H,6-11H2. The number of rotatable bonds is 2. The van der Waals surface area contributed by atoms with Crippen LogP contribution in [0.1, 0.15) is 37.2 Å². The molecule has 0 amide bonds. The second-order valence-corrected chi connectivity index (χ2v) is 8.35. The Morgan fingerprint density at radius 2 is 1.80 bits per heavy atom. The van der Waals surface area contributed by atoms with Gasteiger partial charge in [-0.15, -0.1) is 0 Å². The molecule has 4 heteroatoms. The number of carbonyl (C=O) groups is 1. The summed E-state index contributed by atoms with van der Waals surface area (Å²) >= 11 is 0. The van der Waals surface area contributed by atoms with E-state index >= 15 is 0 Å². The Morgan fingerprint density at radius 3 is 2.45 bits per heavy atom. The van der Waals surface area contributed by atoms with E-state index in [1.54, 1.807) is 0 Å². The van der Waals surface area contributed by atoms with Gasteiger partial charge in [0.25, 0.3) is 0 Å². The molecule has 1 aromatic carbocycles. The lowest BCUT2D eigenvalue weighted by molar-refractivity contribution is -0.126. The Hall–Kier alpha value is -1.16. The van der Waals surface area contributed by atoms with E-state index in [2.05, 4.69) is 12.1 Å². The molecule has 2 aliphatic rings. The van der Waals surface area contributed by atoms with Crippen LogP contribution in [0.25, 0.3) is 0 Å². The predicted molar refractivity (Wildman–Crippen MR) is 78.3 cm³/mol. The Labute approximate surface area is 120 Å². The lowest BCUT2D eigenvalue weighted by Crippen LogP contribution is -2.31. The minimum atomic E-state index is -2.90. The van der Waals surface area contributed by atoms with Crippen molar-refractivity contribution in [2.75, 3.05) is 11.5 Å². The maximum atomic E-state index is 12.2. The molecule has 20 heavy (non-hydrogen) atoms. The number of benzene rings is 1. The van der Waals surface area contributed by atoms with Gasteiger partial charge in [-0.3, -0.25) is 4.79 Å². The summed E-state index contributed by atoms with van der Waals surface area (Å²) in [5, 5.41) is 0. The molecule has 3 rings (SSSR count). The summed E-state index contributed by atoms with van der Waals surface area (Å²) in [6, 6.07) is 10.3. The number of Topliss-reactive ketones (excluding diaryl/α,β-unsaturated/α-hetero) is 1. The average molecular weight is 292 g/mol. The third-order valence-electron chi connectivity index (χ3n) is 4.80. The molecule has 3 atom stereocenters. The minimum absolute atomic E-state index is 0.0498. The van der Waals surface area contributed by atoms with Gasteiger partial charge in [0.2, 0.25) is 0 Å².